The fourth-order valence-corrected chi connectivity index (χ4v) is 3.93. The predicted molar refractivity (Wildman–Crippen MR) is 120 cm³/mol. The van der Waals surface area contributed by atoms with Gasteiger partial charge in [-0.1, -0.05) is 6.07 Å². The van der Waals surface area contributed by atoms with Crippen molar-refractivity contribution in [2.45, 2.75) is 12.3 Å². The summed E-state index contributed by atoms with van der Waals surface area (Å²) in [6.45, 7) is 0.672. The topological polar surface area (TPSA) is 96.6 Å². The normalized spacial score (nSPS) is 11.5. The summed E-state index contributed by atoms with van der Waals surface area (Å²) >= 11 is 1.45. The lowest BCUT2D eigenvalue weighted by atomic mass is 10.1. The Morgan fingerprint density at radius 2 is 2.00 bits per heavy atom. The molecular formula is C23H20N6OS. The quantitative estimate of drug-likeness (QED) is 0.446. The van der Waals surface area contributed by atoms with E-state index < -0.39 is 5.92 Å². The van der Waals surface area contributed by atoms with E-state index in [-0.39, 0.29) is 0 Å². The van der Waals surface area contributed by atoms with Gasteiger partial charge in [0.15, 0.2) is 0 Å². The molecule has 0 radical (unpaired) electrons. The van der Waals surface area contributed by atoms with Gasteiger partial charge < -0.3 is 10.1 Å². The predicted octanol–water partition coefficient (Wildman–Crippen LogP) is 4.31. The van der Waals surface area contributed by atoms with Gasteiger partial charge in [-0.15, -0.1) is 11.3 Å². The molecule has 0 aliphatic carbocycles. The molecule has 0 aliphatic heterocycles. The van der Waals surface area contributed by atoms with Gasteiger partial charge in [0, 0.05) is 36.1 Å². The van der Waals surface area contributed by atoms with Crippen molar-refractivity contribution in [1.82, 2.24) is 19.9 Å². The van der Waals surface area contributed by atoms with Gasteiger partial charge in [-0.3, -0.25) is 4.98 Å². The summed E-state index contributed by atoms with van der Waals surface area (Å²) in [4.78, 5) is 17.6. The molecule has 0 saturated carbocycles. The molecule has 0 saturated heterocycles. The first-order valence-electron chi connectivity index (χ1n) is 9.72. The van der Waals surface area contributed by atoms with Gasteiger partial charge in [-0.05, 0) is 48.4 Å². The molecule has 0 aliphatic rings. The molecule has 0 fully saturated rings. The largest absolute Gasteiger partial charge is 0.497 e. The van der Waals surface area contributed by atoms with E-state index in [4.69, 9.17) is 4.74 Å². The molecule has 1 atom stereocenters. The number of ether oxygens (including phenoxy) is 1. The summed E-state index contributed by atoms with van der Waals surface area (Å²) in [6, 6.07) is 15.7. The maximum atomic E-state index is 9.81. The van der Waals surface area contributed by atoms with Crippen LogP contribution in [-0.2, 0) is 6.42 Å². The number of nitrogens with one attached hydrogen (secondary N) is 1. The minimum atomic E-state index is -0.557. The Morgan fingerprint density at radius 3 is 2.74 bits per heavy atom. The molecule has 1 aromatic carbocycles. The molecule has 4 aromatic rings. The third kappa shape index (κ3) is 5.02. The number of benzene rings is 1. The number of pyridine rings is 1. The van der Waals surface area contributed by atoms with Crippen molar-refractivity contribution in [2.24, 2.45) is 0 Å². The van der Waals surface area contributed by atoms with E-state index in [1.165, 1.54) is 11.3 Å². The van der Waals surface area contributed by atoms with Crippen molar-refractivity contribution in [2.75, 3.05) is 19.0 Å². The van der Waals surface area contributed by atoms with Crippen LogP contribution in [0.2, 0.25) is 0 Å². The summed E-state index contributed by atoms with van der Waals surface area (Å²) in [7, 11) is 1.64. The Morgan fingerprint density at radius 1 is 1.13 bits per heavy atom. The highest BCUT2D eigenvalue weighted by Gasteiger charge is 2.20. The number of methoxy groups -OCH3 is 1. The van der Waals surface area contributed by atoms with Gasteiger partial charge in [0.05, 0.1) is 24.6 Å². The van der Waals surface area contributed by atoms with Gasteiger partial charge in [-0.25, -0.2) is 15.0 Å². The monoisotopic (exact) mass is 428 g/mol. The number of hydrogen-bond donors (Lipinski definition) is 1. The molecule has 1 unspecified atom stereocenters. The van der Waals surface area contributed by atoms with Crippen LogP contribution in [0, 0.1) is 11.3 Å². The minimum absolute atomic E-state index is 0.494. The first kappa shape index (κ1) is 20.4. The van der Waals surface area contributed by atoms with E-state index in [1.54, 1.807) is 25.6 Å². The lowest BCUT2D eigenvalue weighted by molar-refractivity contribution is 0.415. The van der Waals surface area contributed by atoms with Gasteiger partial charge in [-0.2, -0.15) is 5.26 Å². The fourth-order valence-electron chi connectivity index (χ4n) is 3.05. The van der Waals surface area contributed by atoms with Crippen molar-refractivity contribution in [3.8, 4) is 23.1 Å². The maximum absolute atomic E-state index is 9.81. The number of anilines is 1. The number of rotatable bonds is 8. The van der Waals surface area contributed by atoms with E-state index >= 15 is 0 Å². The molecule has 8 heteroatoms. The highest BCUT2D eigenvalue weighted by Crippen LogP contribution is 2.30. The van der Waals surface area contributed by atoms with E-state index in [2.05, 4.69) is 31.3 Å². The molecule has 1 N–H and O–H groups in total. The van der Waals surface area contributed by atoms with Crippen LogP contribution in [0.15, 0.2) is 66.4 Å². The van der Waals surface area contributed by atoms with Crippen molar-refractivity contribution >= 4 is 17.3 Å². The average molecular weight is 429 g/mol. The third-order valence-electron chi connectivity index (χ3n) is 4.68. The number of thiazole rings is 1. The van der Waals surface area contributed by atoms with E-state index in [1.807, 2.05) is 48.0 Å². The summed E-state index contributed by atoms with van der Waals surface area (Å²) < 4.78 is 5.20. The lowest BCUT2D eigenvalue weighted by Gasteiger charge is -2.09. The second-order valence-corrected chi connectivity index (χ2v) is 7.59. The molecule has 4 rings (SSSR count). The Bertz CT molecular complexity index is 1170. The van der Waals surface area contributed by atoms with Crippen LogP contribution in [-0.4, -0.2) is 33.6 Å². The highest BCUT2D eigenvalue weighted by molar-refractivity contribution is 7.10. The molecule has 7 nitrogen and oxygen atoms in total. The zero-order chi connectivity index (χ0) is 21.5. The zero-order valence-electron chi connectivity index (χ0n) is 16.9. The summed E-state index contributed by atoms with van der Waals surface area (Å²) in [5.41, 5.74) is 3.55. The summed E-state index contributed by atoms with van der Waals surface area (Å²) in [5.74, 6) is 0.728. The number of nitrogens with zero attached hydrogens (tertiary/aromatic N) is 5. The Kier molecular flexibility index (Phi) is 6.45. The Hall–Kier alpha value is -3.83. The molecular weight excluding hydrogens is 408 g/mol. The zero-order valence-corrected chi connectivity index (χ0v) is 17.7. The highest BCUT2D eigenvalue weighted by atomic mass is 32.1. The summed E-state index contributed by atoms with van der Waals surface area (Å²) in [5, 5.41) is 15.7. The van der Waals surface area contributed by atoms with Crippen LogP contribution in [0.25, 0.3) is 11.3 Å². The van der Waals surface area contributed by atoms with Crippen LogP contribution in [0.5, 0.6) is 5.75 Å². The molecule has 154 valence electrons. The van der Waals surface area contributed by atoms with Crippen molar-refractivity contribution < 1.29 is 4.74 Å². The lowest BCUT2D eigenvalue weighted by Crippen LogP contribution is -2.10. The van der Waals surface area contributed by atoms with Gasteiger partial charge in [0.1, 0.15) is 16.7 Å². The number of hydrogen-bond acceptors (Lipinski definition) is 8. The summed E-state index contributed by atoms with van der Waals surface area (Å²) in [6.07, 6.45) is 6.07. The van der Waals surface area contributed by atoms with E-state index in [0.29, 0.717) is 23.2 Å². The number of aromatic nitrogens is 4. The first-order valence-corrected chi connectivity index (χ1v) is 10.6. The molecule has 0 bridgehead atoms. The SMILES string of the molecule is COc1ccc(-c2csc(C(C#N)c3ccnc(NCCc4cccnc4)n3)n2)cc1. The minimum Gasteiger partial charge on any atom is -0.497 e. The van der Waals surface area contributed by atoms with Gasteiger partial charge in [0.25, 0.3) is 0 Å². The maximum Gasteiger partial charge on any atom is 0.222 e. The molecule has 0 spiro atoms. The van der Waals surface area contributed by atoms with E-state index in [9.17, 15) is 5.26 Å². The smallest absolute Gasteiger partial charge is 0.222 e. The molecule has 3 heterocycles. The van der Waals surface area contributed by atoms with Crippen molar-refractivity contribution in [1.29, 1.82) is 5.26 Å². The van der Waals surface area contributed by atoms with Crippen LogP contribution < -0.4 is 10.1 Å². The van der Waals surface area contributed by atoms with E-state index in [0.717, 1.165) is 29.0 Å². The second kappa shape index (κ2) is 9.78. The Balaban J connectivity index is 1.47. The number of nitriles is 1. The standard InChI is InChI=1S/C23H20N6OS/c1-30-18-6-4-17(5-7-18)21-15-31-22(28-21)19(13-24)20-9-12-27-23(29-20)26-11-8-16-3-2-10-25-14-16/h2-7,9-10,12,14-15,19H,8,11H2,1H3,(H,26,27,29). The van der Waals surface area contributed by atoms with Crippen molar-refractivity contribution in [3.05, 3.63) is 82.7 Å². The fraction of sp³-hybridized carbons (Fsp3) is 0.174. The van der Waals surface area contributed by atoms with Crippen LogP contribution in [0.1, 0.15) is 22.2 Å². The van der Waals surface area contributed by atoms with Crippen LogP contribution >= 0.6 is 11.3 Å². The average Bonchev–Trinajstić information content (AvgIpc) is 3.30. The second-order valence-electron chi connectivity index (χ2n) is 6.70. The third-order valence-corrected chi connectivity index (χ3v) is 5.59. The first-order chi connectivity index (χ1) is 15.3. The Labute approximate surface area is 184 Å². The van der Waals surface area contributed by atoms with Crippen molar-refractivity contribution in [3.63, 3.8) is 0 Å². The van der Waals surface area contributed by atoms with Crippen LogP contribution in [0.3, 0.4) is 0 Å². The van der Waals surface area contributed by atoms with Gasteiger partial charge >= 0.3 is 0 Å². The molecule has 3 aromatic heterocycles. The molecule has 0 amide bonds. The van der Waals surface area contributed by atoms with Gasteiger partial charge in [0.2, 0.25) is 5.95 Å². The molecule has 31 heavy (non-hydrogen) atoms. The van der Waals surface area contributed by atoms with Crippen LogP contribution in [0.4, 0.5) is 5.95 Å².